The number of anilines is 4. The van der Waals surface area contributed by atoms with Gasteiger partial charge >= 0.3 is 304 Å². The van der Waals surface area contributed by atoms with Gasteiger partial charge in [-0.3, -0.25) is 0 Å². The van der Waals surface area contributed by atoms with E-state index in [1.54, 1.807) is 36.4 Å². The minimum absolute atomic E-state index is 0.00887. The van der Waals surface area contributed by atoms with Crippen molar-refractivity contribution in [3.63, 3.8) is 0 Å². The van der Waals surface area contributed by atoms with Crippen LogP contribution in [0.4, 0.5) is 22.7 Å². The van der Waals surface area contributed by atoms with Gasteiger partial charge in [-0.2, -0.15) is 0 Å². The fourth-order valence-corrected chi connectivity index (χ4v) is 16.0. The van der Waals surface area contributed by atoms with Crippen molar-refractivity contribution < 1.29 is 15.7 Å². The third-order valence-electron chi connectivity index (χ3n) is 7.57. The fraction of sp³-hybridized carbons (Fsp3) is 0.278. The first kappa shape index (κ1) is 37.2. The number of rotatable bonds is 16. The van der Waals surface area contributed by atoms with Gasteiger partial charge in [-0.1, -0.05) is 0 Å². The van der Waals surface area contributed by atoms with Crippen molar-refractivity contribution in [2.45, 2.75) is 61.2 Å². The van der Waals surface area contributed by atoms with Crippen LogP contribution in [0.15, 0.2) is 84.9 Å². The number of para-hydroxylation sites is 4. The number of carbonyl (C=O) groups excluding carboxylic acids is 2. The maximum absolute atomic E-state index is 13.7. The zero-order valence-electron chi connectivity index (χ0n) is 26.4. The molecule has 0 atom stereocenters. The van der Waals surface area contributed by atoms with Crippen LogP contribution >= 0.6 is 46.4 Å². The Bertz CT molecular complexity index is 1520. The van der Waals surface area contributed by atoms with Crippen LogP contribution in [0, 0.1) is 0 Å². The van der Waals surface area contributed by atoms with E-state index < -0.39 is 31.1 Å². The normalized spacial score (nSPS) is 11.2. The first-order valence-electron chi connectivity index (χ1n) is 15.7. The van der Waals surface area contributed by atoms with Crippen LogP contribution in [-0.4, -0.2) is 31.1 Å². The van der Waals surface area contributed by atoms with Crippen LogP contribution in [0.25, 0.3) is 0 Å². The van der Waals surface area contributed by atoms with Crippen LogP contribution in [0.5, 0.6) is 0 Å². The predicted molar refractivity (Wildman–Crippen MR) is 197 cm³/mol. The van der Waals surface area contributed by atoms with Crippen molar-refractivity contribution in [3.8, 4) is 0 Å². The molecule has 0 aromatic heterocycles. The molecule has 0 radical (unpaired) electrons. The summed E-state index contributed by atoms with van der Waals surface area (Å²) in [5, 5.41) is 8.39. The second-order valence-corrected chi connectivity index (χ2v) is 22.0. The molecule has 0 aliphatic carbocycles. The SMILES string of the molecule is CCC[CH2][Sn]([CH2]CCC)([O]C(=O)Cc1ccccc1Nc1c(Cl)cccc1Cl)[O]C(=O)Cc1ccccc1Nc1c(Cl)cccc1Cl. The van der Waals surface area contributed by atoms with E-state index in [1.165, 1.54) is 0 Å². The molecule has 0 aliphatic rings. The van der Waals surface area contributed by atoms with Gasteiger partial charge in [0.25, 0.3) is 0 Å². The molecule has 0 amide bonds. The molecule has 4 rings (SSSR count). The number of carbonyl (C=O) groups is 2. The number of hydrogen-bond donors (Lipinski definition) is 2. The Morgan fingerprint density at radius 3 is 1.30 bits per heavy atom. The molecule has 47 heavy (non-hydrogen) atoms. The maximum atomic E-state index is 13.7. The summed E-state index contributed by atoms with van der Waals surface area (Å²) in [6, 6.07) is 25.4. The molecule has 11 heteroatoms. The van der Waals surface area contributed by atoms with Crippen molar-refractivity contribution in [1.82, 2.24) is 0 Å². The van der Waals surface area contributed by atoms with Gasteiger partial charge in [0.1, 0.15) is 0 Å². The zero-order chi connectivity index (χ0) is 33.8. The van der Waals surface area contributed by atoms with Crippen molar-refractivity contribution >= 4 is 100 Å². The van der Waals surface area contributed by atoms with Crippen LogP contribution in [0.1, 0.15) is 50.7 Å². The topological polar surface area (TPSA) is 76.7 Å². The summed E-state index contributed by atoms with van der Waals surface area (Å²) in [4.78, 5) is 27.4. The Balaban J connectivity index is 1.55. The van der Waals surface area contributed by atoms with E-state index in [9.17, 15) is 9.59 Å². The Labute approximate surface area is 302 Å². The molecule has 0 aliphatic heterocycles. The number of nitrogens with one attached hydrogen (secondary N) is 2. The quantitative estimate of drug-likeness (QED) is 0.110. The van der Waals surface area contributed by atoms with Crippen LogP contribution in [0.3, 0.4) is 0 Å². The second-order valence-electron chi connectivity index (χ2n) is 11.2. The number of benzene rings is 4. The van der Waals surface area contributed by atoms with Gasteiger partial charge in [-0.25, -0.2) is 0 Å². The van der Waals surface area contributed by atoms with Crippen molar-refractivity contribution in [2.75, 3.05) is 10.6 Å². The standard InChI is InChI=1S/2C14H11Cl2NO2.2C4H9.Sn/c2*15-10-5-3-6-11(16)14(10)17-12-7-2-1-4-9(12)8-13(18)19;2*1-3-4-2;/h2*1-7,17H,8H2,(H,18,19);2*1,3-4H2,2H3;/q;;;;+2/p-2. The third kappa shape index (κ3) is 10.7. The van der Waals surface area contributed by atoms with Crippen molar-refractivity contribution in [2.24, 2.45) is 0 Å². The first-order valence-corrected chi connectivity index (χ1v) is 23.5. The van der Waals surface area contributed by atoms with Gasteiger partial charge in [-0.15, -0.1) is 0 Å². The molecule has 0 heterocycles. The first-order chi connectivity index (χ1) is 22.6. The van der Waals surface area contributed by atoms with Crippen LogP contribution < -0.4 is 10.6 Å². The summed E-state index contributed by atoms with van der Waals surface area (Å²) in [6.45, 7) is 4.15. The van der Waals surface area contributed by atoms with E-state index in [-0.39, 0.29) is 12.8 Å². The van der Waals surface area contributed by atoms with Gasteiger partial charge in [0, 0.05) is 0 Å². The summed E-state index contributed by atoms with van der Waals surface area (Å²) in [7, 11) is 0. The Morgan fingerprint density at radius 1 is 0.574 bits per heavy atom. The van der Waals surface area contributed by atoms with Gasteiger partial charge in [0.15, 0.2) is 0 Å². The summed E-state index contributed by atoms with van der Waals surface area (Å²) >= 11 is 21.3. The molecule has 0 fully saturated rings. The molecule has 6 nitrogen and oxygen atoms in total. The van der Waals surface area contributed by atoms with E-state index in [2.05, 4.69) is 24.5 Å². The Hall–Kier alpha value is -2.62. The van der Waals surface area contributed by atoms with Crippen molar-refractivity contribution in [3.05, 3.63) is 116 Å². The van der Waals surface area contributed by atoms with Crippen LogP contribution in [-0.2, 0) is 28.6 Å². The van der Waals surface area contributed by atoms with Gasteiger partial charge in [0.05, 0.1) is 0 Å². The van der Waals surface area contributed by atoms with E-state index in [0.29, 0.717) is 62.8 Å². The van der Waals surface area contributed by atoms with E-state index >= 15 is 0 Å². The molecule has 4 aromatic rings. The minimum atomic E-state index is -4.29. The summed E-state index contributed by atoms with van der Waals surface area (Å²) in [5.41, 5.74) is 3.89. The number of unbranched alkanes of at least 4 members (excludes halogenated alkanes) is 2. The summed E-state index contributed by atoms with van der Waals surface area (Å²) < 4.78 is 13.9. The zero-order valence-corrected chi connectivity index (χ0v) is 32.3. The molecular weight excluding hydrogens is 785 g/mol. The molecule has 2 N–H and O–H groups in total. The monoisotopic (exact) mass is 822 g/mol. The molecule has 248 valence electrons. The van der Waals surface area contributed by atoms with E-state index in [4.69, 9.17) is 52.6 Å². The summed E-state index contributed by atoms with van der Waals surface area (Å²) in [5.74, 6) is -0.841. The van der Waals surface area contributed by atoms with Gasteiger partial charge in [-0.05, 0) is 0 Å². The summed E-state index contributed by atoms with van der Waals surface area (Å²) in [6.07, 6.45) is 3.35. The predicted octanol–water partition coefficient (Wildman–Crippen LogP) is 11.7. The second kappa shape index (κ2) is 18.2. The van der Waals surface area contributed by atoms with E-state index in [1.807, 2.05) is 48.5 Å². The average Bonchev–Trinajstić information content (AvgIpc) is 3.04. The average molecular weight is 823 g/mol. The van der Waals surface area contributed by atoms with Gasteiger partial charge in [0.2, 0.25) is 0 Å². The molecule has 0 saturated carbocycles. The molecule has 0 spiro atoms. The molecule has 0 saturated heterocycles. The molecule has 4 aromatic carbocycles. The molecular formula is C36H38Cl4N2O4Sn. The molecule has 0 bridgehead atoms. The van der Waals surface area contributed by atoms with Gasteiger partial charge < -0.3 is 0 Å². The van der Waals surface area contributed by atoms with Crippen LogP contribution in [0.2, 0.25) is 29.0 Å². The fourth-order valence-electron chi connectivity index (χ4n) is 5.14. The molecule has 0 unspecified atom stereocenters. The number of halogens is 4. The third-order valence-corrected chi connectivity index (χ3v) is 18.6. The Kier molecular flexibility index (Phi) is 14.4. The number of hydrogen-bond acceptors (Lipinski definition) is 6. The van der Waals surface area contributed by atoms with E-state index in [0.717, 1.165) is 25.7 Å². The Morgan fingerprint density at radius 2 is 0.936 bits per heavy atom. The van der Waals surface area contributed by atoms with Crippen molar-refractivity contribution in [1.29, 1.82) is 0 Å².